The molecule has 146 valence electrons. The van der Waals surface area contributed by atoms with Crippen LogP contribution in [-0.2, 0) is 11.3 Å². The van der Waals surface area contributed by atoms with Crippen molar-refractivity contribution in [1.29, 1.82) is 0 Å². The molecule has 0 fully saturated rings. The monoisotopic (exact) mass is 368 g/mol. The van der Waals surface area contributed by atoms with Gasteiger partial charge in [-0.15, -0.1) is 0 Å². The second-order valence-corrected chi connectivity index (χ2v) is 7.28. The normalized spacial score (nSPS) is 16.2. The van der Waals surface area contributed by atoms with E-state index in [1.54, 1.807) is 0 Å². The molecule has 4 nitrogen and oxygen atoms in total. The number of rotatable bonds is 9. The third kappa shape index (κ3) is 4.74. The quantitative estimate of drug-likeness (QED) is 0.572. The molecule has 1 aromatic heterocycles. The Bertz CT molecular complexity index is 720. The van der Waals surface area contributed by atoms with Crippen LogP contribution in [0.2, 0.25) is 0 Å². The van der Waals surface area contributed by atoms with E-state index in [2.05, 4.69) is 46.9 Å². The first-order valence-corrected chi connectivity index (χ1v) is 10.4. The van der Waals surface area contributed by atoms with Crippen molar-refractivity contribution in [2.45, 2.75) is 65.0 Å². The molecule has 1 aliphatic rings. The first-order valence-electron chi connectivity index (χ1n) is 10.4. The minimum atomic E-state index is -0.00688. The van der Waals surface area contributed by atoms with E-state index >= 15 is 0 Å². The highest BCUT2D eigenvalue weighted by Gasteiger charge is 2.31. The van der Waals surface area contributed by atoms with Crippen molar-refractivity contribution in [3.05, 3.63) is 53.9 Å². The third-order valence-electron chi connectivity index (χ3n) is 5.36. The van der Waals surface area contributed by atoms with E-state index in [9.17, 15) is 4.79 Å². The number of ether oxygens (including phenoxy) is 1. The highest BCUT2D eigenvalue weighted by Crippen LogP contribution is 2.34. The Morgan fingerprint density at radius 2 is 1.81 bits per heavy atom. The summed E-state index contributed by atoms with van der Waals surface area (Å²) in [6, 6.07) is 12.4. The molecular formula is C23H32N2O2. The molecular weight excluding hydrogens is 336 g/mol. The fraction of sp³-hybridized carbons (Fsp3) is 0.522. The topological polar surface area (TPSA) is 34.5 Å². The lowest BCUT2D eigenvalue weighted by atomic mass is 9.99. The van der Waals surface area contributed by atoms with Gasteiger partial charge >= 0.3 is 0 Å². The number of benzene rings is 1. The van der Waals surface area contributed by atoms with Crippen LogP contribution in [0.5, 0.6) is 5.75 Å². The van der Waals surface area contributed by atoms with Gasteiger partial charge in [0.2, 0.25) is 5.91 Å². The molecule has 2 aromatic rings. The van der Waals surface area contributed by atoms with E-state index in [4.69, 9.17) is 4.74 Å². The van der Waals surface area contributed by atoms with E-state index in [0.717, 1.165) is 37.2 Å². The molecule has 0 radical (unpaired) electrons. The van der Waals surface area contributed by atoms with Crippen molar-refractivity contribution in [2.75, 3.05) is 13.2 Å². The summed E-state index contributed by atoms with van der Waals surface area (Å²) < 4.78 is 7.85. The van der Waals surface area contributed by atoms with Crippen molar-refractivity contribution in [2.24, 2.45) is 0 Å². The third-order valence-corrected chi connectivity index (χ3v) is 5.36. The Balaban J connectivity index is 1.75. The zero-order valence-electron chi connectivity index (χ0n) is 16.7. The number of carbonyl (C=O) groups is 1. The summed E-state index contributed by atoms with van der Waals surface area (Å²) >= 11 is 0. The minimum absolute atomic E-state index is 0.00688. The zero-order chi connectivity index (χ0) is 19.1. The smallest absolute Gasteiger partial charge is 0.223 e. The van der Waals surface area contributed by atoms with Crippen molar-refractivity contribution < 1.29 is 9.53 Å². The van der Waals surface area contributed by atoms with Gasteiger partial charge in [0, 0.05) is 31.4 Å². The molecule has 0 aliphatic carbocycles. The average Bonchev–Trinajstić information content (AvgIpc) is 3.17. The maximum absolute atomic E-state index is 13.0. The van der Waals surface area contributed by atoms with Crippen LogP contribution in [0.1, 0.15) is 69.7 Å². The fourth-order valence-corrected chi connectivity index (χ4v) is 3.94. The molecule has 1 aliphatic heterocycles. The molecule has 0 spiro atoms. The largest absolute Gasteiger partial charge is 0.494 e. The summed E-state index contributed by atoms with van der Waals surface area (Å²) in [5.74, 6) is 1.15. The van der Waals surface area contributed by atoms with Gasteiger partial charge in [-0.3, -0.25) is 4.79 Å². The van der Waals surface area contributed by atoms with E-state index < -0.39 is 0 Å². The number of hydrogen-bond acceptors (Lipinski definition) is 2. The van der Waals surface area contributed by atoms with Crippen LogP contribution in [0, 0.1) is 0 Å². The fourth-order valence-electron chi connectivity index (χ4n) is 3.94. The van der Waals surface area contributed by atoms with Crippen LogP contribution >= 0.6 is 0 Å². The Morgan fingerprint density at radius 3 is 2.56 bits per heavy atom. The highest BCUT2D eigenvalue weighted by atomic mass is 16.5. The van der Waals surface area contributed by atoms with Gasteiger partial charge in [-0.05, 0) is 43.2 Å². The molecule has 0 saturated carbocycles. The van der Waals surface area contributed by atoms with Crippen LogP contribution < -0.4 is 4.74 Å². The second-order valence-electron chi connectivity index (χ2n) is 7.28. The number of nitrogens with zero attached hydrogens (tertiary/aromatic N) is 2. The Labute approximate surface area is 163 Å². The van der Waals surface area contributed by atoms with Gasteiger partial charge in [0.1, 0.15) is 5.75 Å². The van der Waals surface area contributed by atoms with Crippen molar-refractivity contribution in [3.8, 4) is 5.75 Å². The predicted octanol–water partition coefficient (Wildman–Crippen LogP) is 5.18. The van der Waals surface area contributed by atoms with Crippen molar-refractivity contribution in [3.63, 3.8) is 0 Å². The first kappa shape index (κ1) is 19.5. The van der Waals surface area contributed by atoms with Crippen molar-refractivity contribution in [1.82, 2.24) is 9.47 Å². The lowest BCUT2D eigenvalue weighted by Gasteiger charge is -2.37. The summed E-state index contributed by atoms with van der Waals surface area (Å²) in [5, 5.41) is 0. The molecule has 0 bridgehead atoms. The molecule has 1 aromatic carbocycles. The van der Waals surface area contributed by atoms with E-state index in [-0.39, 0.29) is 11.9 Å². The first-order chi connectivity index (χ1) is 13.2. The number of amides is 1. The molecule has 1 amide bonds. The van der Waals surface area contributed by atoms with Crippen LogP contribution in [0.3, 0.4) is 0 Å². The van der Waals surface area contributed by atoms with Gasteiger partial charge in [0.15, 0.2) is 0 Å². The van der Waals surface area contributed by atoms with E-state index in [1.807, 2.05) is 19.1 Å². The molecule has 0 N–H and O–H groups in total. The Kier molecular flexibility index (Phi) is 6.97. The molecule has 27 heavy (non-hydrogen) atoms. The summed E-state index contributed by atoms with van der Waals surface area (Å²) in [6.07, 6.45) is 8.64. The van der Waals surface area contributed by atoms with Gasteiger partial charge in [-0.1, -0.05) is 44.7 Å². The predicted molar refractivity (Wildman–Crippen MR) is 109 cm³/mol. The summed E-state index contributed by atoms with van der Waals surface area (Å²) in [6.45, 7) is 6.51. The molecule has 3 rings (SSSR count). The maximum atomic E-state index is 13.0. The standard InChI is InChI=1S/C23H32N2O2/c1-3-5-6-7-8-11-22(26)25-18-17-24-16-9-10-21(24)23(25)19-12-14-20(15-13-19)27-4-2/h9-10,12-16,23H,3-8,11,17-18H2,1-2H3. The minimum Gasteiger partial charge on any atom is -0.494 e. The summed E-state index contributed by atoms with van der Waals surface area (Å²) in [7, 11) is 0. The Morgan fingerprint density at radius 1 is 1.04 bits per heavy atom. The zero-order valence-corrected chi connectivity index (χ0v) is 16.7. The number of hydrogen-bond donors (Lipinski definition) is 0. The van der Waals surface area contributed by atoms with Crippen LogP contribution in [-0.4, -0.2) is 28.5 Å². The van der Waals surface area contributed by atoms with Crippen LogP contribution in [0.25, 0.3) is 0 Å². The number of fused-ring (bicyclic) bond motifs is 1. The van der Waals surface area contributed by atoms with E-state index in [1.165, 1.54) is 25.0 Å². The second kappa shape index (κ2) is 9.63. The Hall–Kier alpha value is -2.23. The van der Waals surface area contributed by atoms with Crippen LogP contribution in [0.4, 0.5) is 0 Å². The van der Waals surface area contributed by atoms with Gasteiger partial charge in [0.25, 0.3) is 0 Å². The molecule has 1 atom stereocenters. The number of unbranched alkanes of at least 4 members (excludes halogenated alkanes) is 4. The lowest BCUT2D eigenvalue weighted by Crippen LogP contribution is -2.42. The van der Waals surface area contributed by atoms with Gasteiger partial charge in [-0.25, -0.2) is 0 Å². The van der Waals surface area contributed by atoms with Gasteiger partial charge < -0.3 is 14.2 Å². The van der Waals surface area contributed by atoms with Gasteiger partial charge in [0.05, 0.1) is 12.6 Å². The molecule has 1 unspecified atom stereocenters. The number of aromatic nitrogens is 1. The van der Waals surface area contributed by atoms with E-state index in [0.29, 0.717) is 13.0 Å². The van der Waals surface area contributed by atoms with Crippen molar-refractivity contribution >= 4 is 5.91 Å². The number of carbonyl (C=O) groups excluding carboxylic acids is 1. The highest BCUT2D eigenvalue weighted by molar-refractivity contribution is 5.77. The molecule has 2 heterocycles. The van der Waals surface area contributed by atoms with Crippen LogP contribution in [0.15, 0.2) is 42.6 Å². The SMILES string of the molecule is CCCCCCCC(=O)N1CCn2cccc2C1c1ccc(OCC)cc1. The average molecular weight is 369 g/mol. The van der Waals surface area contributed by atoms with Gasteiger partial charge in [-0.2, -0.15) is 0 Å². The molecule has 0 saturated heterocycles. The summed E-state index contributed by atoms with van der Waals surface area (Å²) in [5.41, 5.74) is 2.35. The maximum Gasteiger partial charge on any atom is 0.223 e. The molecule has 4 heteroatoms. The lowest BCUT2D eigenvalue weighted by molar-refractivity contribution is -0.134. The summed E-state index contributed by atoms with van der Waals surface area (Å²) in [4.78, 5) is 15.1.